The molecule has 2 aromatic carbocycles. The van der Waals surface area contributed by atoms with Crippen molar-refractivity contribution in [1.29, 1.82) is 0 Å². The van der Waals surface area contributed by atoms with Crippen LogP contribution in [0.4, 0.5) is 5.69 Å². The van der Waals surface area contributed by atoms with Crippen molar-refractivity contribution >= 4 is 37.5 Å². The Hall–Kier alpha value is -1.70. The minimum Gasteiger partial charge on any atom is -0.326 e. The highest BCUT2D eigenvalue weighted by atomic mass is 79.9. The van der Waals surface area contributed by atoms with Gasteiger partial charge in [-0.2, -0.15) is 0 Å². The fraction of sp³-hybridized carbons (Fsp3) is 0.381. The molecule has 5 nitrogen and oxygen atoms in total. The van der Waals surface area contributed by atoms with E-state index in [1.165, 1.54) is 9.87 Å². The van der Waals surface area contributed by atoms with Gasteiger partial charge in [0.25, 0.3) is 0 Å². The number of anilines is 1. The molecule has 28 heavy (non-hydrogen) atoms. The second-order valence-electron chi connectivity index (χ2n) is 7.35. The fourth-order valence-corrected chi connectivity index (χ4v) is 5.39. The van der Waals surface area contributed by atoms with Crippen molar-refractivity contribution in [3.05, 3.63) is 63.6 Å². The highest BCUT2D eigenvalue weighted by molar-refractivity contribution is 9.10. The first-order valence-electron chi connectivity index (χ1n) is 9.35. The Balaban J connectivity index is 1.57. The molecule has 0 unspecified atom stereocenters. The van der Waals surface area contributed by atoms with Gasteiger partial charge in [0.1, 0.15) is 0 Å². The van der Waals surface area contributed by atoms with Crippen LogP contribution in [-0.2, 0) is 20.6 Å². The lowest BCUT2D eigenvalue weighted by atomic mass is 9.97. The van der Waals surface area contributed by atoms with Crippen molar-refractivity contribution in [2.24, 2.45) is 5.92 Å². The normalized spacial score (nSPS) is 16.1. The molecule has 1 aliphatic rings. The third-order valence-electron chi connectivity index (χ3n) is 5.23. The molecule has 0 atom stereocenters. The molecule has 0 aromatic heterocycles. The van der Waals surface area contributed by atoms with Gasteiger partial charge in [-0.1, -0.05) is 34.1 Å². The van der Waals surface area contributed by atoms with E-state index in [1.807, 2.05) is 56.3 Å². The largest absolute Gasteiger partial charge is 0.326 e. The zero-order chi connectivity index (χ0) is 20.3. The van der Waals surface area contributed by atoms with E-state index in [2.05, 4.69) is 21.2 Å². The van der Waals surface area contributed by atoms with E-state index in [0.717, 1.165) is 21.3 Å². The number of hydrogen-bond donors (Lipinski definition) is 1. The van der Waals surface area contributed by atoms with E-state index >= 15 is 0 Å². The molecule has 150 valence electrons. The van der Waals surface area contributed by atoms with E-state index in [0.29, 0.717) is 25.9 Å². The summed E-state index contributed by atoms with van der Waals surface area (Å²) in [7, 11) is -3.39. The number of piperidine rings is 1. The number of hydrogen-bond acceptors (Lipinski definition) is 3. The van der Waals surface area contributed by atoms with Crippen LogP contribution >= 0.6 is 15.9 Å². The minimum absolute atomic E-state index is 0.0219. The number of aryl methyl sites for hydroxylation is 2. The van der Waals surface area contributed by atoms with E-state index < -0.39 is 10.0 Å². The van der Waals surface area contributed by atoms with Crippen LogP contribution in [0.15, 0.2) is 46.9 Å². The van der Waals surface area contributed by atoms with Crippen molar-refractivity contribution in [2.75, 3.05) is 18.4 Å². The van der Waals surface area contributed by atoms with Crippen LogP contribution in [0, 0.1) is 19.8 Å². The van der Waals surface area contributed by atoms with Gasteiger partial charge in [-0.05, 0) is 67.6 Å². The van der Waals surface area contributed by atoms with Crippen molar-refractivity contribution in [1.82, 2.24) is 4.31 Å². The van der Waals surface area contributed by atoms with Gasteiger partial charge in [-0.25, -0.2) is 12.7 Å². The molecule has 0 radical (unpaired) electrons. The number of benzene rings is 2. The monoisotopic (exact) mass is 464 g/mol. The van der Waals surface area contributed by atoms with Crippen LogP contribution in [0.1, 0.15) is 29.5 Å². The summed E-state index contributed by atoms with van der Waals surface area (Å²) >= 11 is 3.37. The Morgan fingerprint density at radius 3 is 2.46 bits per heavy atom. The first-order valence-corrected chi connectivity index (χ1v) is 11.8. The average Bonchev–Trinajstić information content (AvgIpc) is 2.64. The Morgan fingerprint density at radius 1 is 1.11 bits per heavy atom. The molecule has 1 fully saturated rings. The molecule has 1 N–H and O–H groups in total. The average molecular weight is 465 g/mol. The van der Waals surface area contributed by atoms with Gasteiger partial charge in [-0.3, -0.25) is 4.79 Å². The van der Waals surface area contributed by atoms with E-state index in [1.54, 1.807) is 0 Å². The van der Waals surface area contributed by atoms with Gasteiger partial charge < -0.3 is 5.32 Å². The zero-order valence-electron chi connectivity index (χ0n) is 16.1. The van der Waals surface area contributed by atoms with Gasteiger partial charge in [0, 0.05) is 29.2 Å². The minimum atomic E-state index is -3.39. The highest BCUT2D eigenvalue weighted by Gasteiger charge is 2.31. The Kier molecular flexibility index (Phi) is 6.58. The second kappa shape index (κ2) is 8.76. The van der Waals surface area contributed by atoms with Crippen molar-refractivity contribution in [2.45, 2.75) is 32.4 Å². The Morgan fingerprint density at radius 2 is 1.82 bits per heavy atom. The molecule has 2 aromatic rings. The van der Waals surface area contributed by atoms with E-state index in [4.69, 9.17) is 0 Å². The third kappa shape index (κ3) is 5.21. The van der Waals surface area contributed by atoms with Crippen molar-refractivity contribution < 1.29 is 13.2 Å². The SMILES string of the molecule is Cc1ccc(NC(=O)C2CCN(S(=O)(=O)Cc3cccc(Br)c3)CC2)cc1C. The molecule has 3 rings (SSSR count). The van der Waals surface area contributed by atoms with Crippen LogP contribution in [-0.4, -0.2) is 31.7 Å². The zero-order valence-corrected chi connectivity index (χ0v) is 18.5. The quantitative estimate of drug-likeness (QED) is 0.718. The van der Waals surface area contributed by atoms with Gasteiger partial charge in [0.2, 0.25) is 15.9 Å². The predicted molar refractivity (Wildman–Crippen MR) is 116 cm³/mol. The molecule has 0 spiro atoms. The van der Waals surface area contributed by atoms with E-state index in [9.17, 15) is 13.2 Å². The van der Waals surface area contributed by atoms with Gasteiger partial charge in [0.05, 0.1) is 5.75 Å². The molecule has 7 heteroatoms. The topological polar surface area (TPSA) is 66.5 Å². The third-order valence-corrected chi connectivity index (χ3v) is 7.57. The summed E-state index contributed by atoms with van der Waals surface area (Å²) in [6.45, 7) is 4.80. The summed E-state index contributed by atoms with van der Waals surface area (Å²) in [6.07, 6.45) is 1.07. The molecule has 0 saturated carbocycles. The van der Waals surface area contributed by atoms with Gasteiger partial charge in [-0.15, -0.1) is 0 Å². The number of halogens is 1. The smallest absolute Gasteiger partial charge is 0.227 e. The maximum absolute atomic E-state index is 12.7. The van der Waals surface area contributed by atoms with Crippen LogP contribution in [0.3, 0.4) is 0 Å². The summed E-state index contributed by atoms with van der Waals surface area (Å²) in [5.41, 5.74) is 3.86. The molecular formula is C21H25BrN2O3S. The second-order valence-corrected chi connectivity index (χ2v) is 10.2. The number of rotatable bonds is 5. The molecule has 0 aliphatic carbocycles. The molecule has 1 amide bonds. The number of amides is 1. The maximum atomic E-state index is 12.7. The maximum Gasteiger partial charge on any atom is 0.227 e. The molecular weight excluding hydrogens is 440 g/mol. The summed E-state index contributed by atoms with van der Waals surface area (Å²) < 4.78 is 27.8. The lowest BCUT2D eigenvalue weighted by Gasteiger charge is -2.30. The van der Waals surface area contributed by atoms with Crippen molar-refractivity contribution in [3.63, 3.8) is 0 Å². The number of carbonyl (C=O) groups is 1. The molecule has 0 bridgehead atoms. The van der Waals surface area contributed by atoms with Crippen LogP contribution in [0.25, 0.3) is 0 Å². The first-order chi connectivity index (χ1) is 13.2. The predicted octanol–water partition coefficient (Wildman–Crippen LogP) is 4.25. The first kappa shape index (κ1) is 21.0. The number of sulfonamides is 1. The van der Waals surface area contributed by atoms with Crippen LogP contribution in [0.5, 0.6) is 0 Å². The molecule has 1 aliphatic heterocycles. The summed E-state index contributed by atoms with van der Waals surface area (Å²) in [5, 5.41) is 2.97. The Bertz CT molecular complexity index is 967. The molecule has 1 heterocycles. The number of nitrogens with one attached hydrogen (secondary N) is 1. The fourth-order valence-electron chi connectivity index (χ4n) is 3.39. The van der Waals surface area contributed by atoms with Crippen LogP contribution < -0.4 is 5.32 Å². The number of carbonyl (C=O) groups excluding carboxylic acids is 1. The van der Waals surface area contributed by atoms with Gasteiger partial charge in [0.15, 0.2) is 0 Å². The summed E-state index contributed by atoms with van der Waals surface area (Å²) in [4.78, 5) is 12.6. The Labute approximate surface area is 175 Å². The van der Waals surface area contributed by atoms with E-state index in [-0.39, 0.29) is 17.6 Å². The summed E-state index contributed by atoms with van der Waals surface area (Å²) in [6, 6.07) is 13.2. The lowest BCUT2D eigenvalue weighted by molar-refractivity contribution is -0.120. The van der Waals surface area contributed by atoms with Crippen molar-refractivity contribution in [3.8, 4) is 0 Å². The van der Waals surface area contributed by atoms with Gasteiger partial charge >= 0.3 is 0 Å². The highest BCUT2D eigenvalue weighted by Crippen LogP contribution is 2.24. The van der Waals surface area contributed by atoms with Crippen LogP contribution in [0.2, 0.25) is 0 Å². The summed E-state index contributed by atoms with van der Waals surface area (Å²) in [5.74, 6) is -0.224. The lowest BCUT2D eigenvalue weighted by Crippen LogP contribution is -2.41. The number of nitrogens with zero attached hydrogens (tertiary/aromatic N) is 1. The standard InChI is InChI=1S/C21H25BrN2O3S/c1-15-6-7-20(12-16(15)2)23-21(25)18-8-10-24(11-9-18)28(26,27)14-17-4-3-5-19(22)13-17/h3-7,12-13,18H,8-11,14H2,1-2H3,(H,23,25). The molecule has 1 saturated heterocycles.